The molecule has 7 nitrogen and oxygen atoms in total. The van der Waals surface area contributed by atoms with Crippen LogP contribution < -0.4 is 11.1 Å². The molecule has 2 aromatic carbocycles. The van der Waals surface area contributed by atoms with Gasteiger partial charge in [-0.15, -0.1) is 0 Å². The summed E-state index contributed by atoms with van der Waals surface area (Å²) in [5.74, 6) is -5.26. The second-order valence-corrected chi connectivity index (χ2v) is 9.24. The van der Waals surface area contributed by atoms with Crippen molar-refractivity contribution in [2.75, 3.05) is 11.1 Å². The molecule has 3 heterocycles. The van der Waals surface area contributed by atoms with E-state index in [1.54, 1.807) is 37.3 Å². The summed E-state index contributed by atoms with van der Waals surface area (Å²) in [4.78, 5) is 21.8. The summed E-state index contributed by atoms with van der Waals surface area (Å²) < 4.78 is 66.5. The van der Waals surface area contributed by atoms with E-state index in [4.69, 9.17) is 17.3 Å². The first-order valence-electron chi connectivity index (χ1n) is 11.0. The van der Waals surface area contributed by atoms with Gasteiger partial charge in [0.05, 0.1) is 16.8 Å². The van der Waals surface area contributed by atoms with Crippen LogP contribution in [0, 0.1) is 0 Å². The molecule has 1 aliphatic rings. The zero-order valence-corrected chi connectivity index (χ0v) is 19.8. The molecule has 0 aliphatic carbocycles. The highest BCUT2D eigenvalue weighted by Gasteiger charge is 2.56. The minimum absolute atomic E-state index is 0.0209. The first-order valence-corrected chi connectivity index (χ1v) is 11.4. The zero-order chi connectivity index (χ0) is 26.8. The normalized spacial score (nSPS) is 17.8. The molecule has 1 atom stereocenters. The van der Waals surface area contributed by atoms with Gasteiger partial charge in [0.2, 0.25) is 5.91 Å². The molecule has 1 aliphatic heterocycles. The molecule has 5 rings (SSSR count). The van der Waals surface area contributed by atoms with Gasteiger partial charge in [-0.2, -0.15) is 41.7 Å². The molecular weight excluding hydrogens is 519 g/mol. The van der Waals surface area contributed by atoms with Gasteiger partial charge in [0.15, 0.2) is 0 Å². The summed E-state index contributed by atoms with van der Waals surface area (Å²) in [5.41, 5.74) is 6.40. The summed E-state index contributed by atoms with van der Waals surface area (Å²) in [6.45, 7) is 1.69. The van der Waals surface area contributed by atoms with Crippen LogP contribution in [-0.4, -0.2) is 37.8 Å². The molecule has 3 N–H and O–H groups in total. The van der Waals surface area contributed by atoms with Gasteiger partial charge in [-0.3, -0.25) is 4.79 Å². The topological polar surface area (TPSA) is 98.7 Å². The van der Waals surface area contributed by atoms with Crippen LogP contribution in [0.15, 0.2) is 48.5 Å². The molecule has 2 aromatic heterocycles. The van der Waals surface area contributed by atoms with E-state index in [0.29, 0.717) is 16.6 Å². The Kier molecular flexibility index (Phi) is 5.63. The van der Waals surface area contributed by atoms with Crippen molar-refractivity contribution in [3.63, 3.8) is 0 Å². The third-order valence-corrected chi connectivity index (χ3v) is 6.70. The lowest BCUT2D eigenvalue weighted by Crippen LogP contribution is -2.36. The number of hydrogen-bond donors (Lipinski definition) is 2. The van der Waals surface area contributed by atoms with Crippen molar-refractivity contribution in [3.05, 3.63) is 70.4 Å². The van der Waals surface area contributed by atoms with Crippen LogP contribution in [0.1, 0.15) is 30.2 Å². The summed E-state index contributed by atoms with van der Waals surface area (Å²) in [7, 11) is 0. The first-order chi connectivity index (χ1) is 17.3. The van der Waals surface area contributed by atoms with E-state index in [1.807, 2.05) is 0 Å². The van der Waals surface area contributed by atoms with Crippen LogP contribution in [0.25, 0.3) is 16.9 Å². The van der Waals surface area contributed by atoms with Crippen LogP contribution in [-0.2, 0) is 16.6 Å². The number of amides is 1. The third kappa shape index (κ3) is 3.95. The van der Waals surface area contributed by atoms with Gasteiger partial charge in [-0.05, 0) is 37.1 Å². The Bertz CT molecular complexity index is 1540. The van der Waals surface area contributed by atoms with E-state index in [1.165, 1.54) is 22.9 Å². The van der Waals surface area contributed by atoms with Gasteiger partial charge in [0, 0.05) is 16.8 Å². The molecule has 37 heavy (non-hydrogen) atoms. The van der Waals surface area contributed by atoms with Crippen molar-refractivity contribution in [2.24, 2.45) is 0 Å². The van der Waals surface area contributed by atoms with Gasteiger partial charge in [-0.25, -0.2) is 0 Å². The average Bonchev–Trinajstić information content (AvgIpc) is 3.32. The number of aromatic nitrogens is 4. The fourth-order valence-corrected chi connectivity index (χ4v) is 4.62. The molecule has 0 fully saturated rings. The first kappa shape index (κ1) is 24.9. The molecule has 0 saturated carbocycles. The zero-order valence-electron chi connectivity index (χ0n) is 19.1. The second kappa shape index (κ2) is 8.37. The van der Waals surface area contributed by atoms with Gasteiger partial charge in [-0.1, -0.05) is 41.9 Å². The van der Waals surface area contributed by atoms with Gasteiger partial charge in [0.25, 0.3) is 5.95 Å². The molecular formula is C24H18ClF5N6O. The predicted molar refractivity (Wildman–Crippen MR) is 127 cm³/mol. The summed E-state index contributed by atoms with van der Waals surface area (Å²) in [5, 5.41) is 7.43. The van der Waals surface area contributed by atoms with Crippen LogP contribution in [0.3, 0.4) is 0 Å². The minimum atomic E-state index is -5.69. The number of hydrogen-bond acceptors (Lipinski definition) is 5. The van der Waals surface area contributed by atoms with Crippen LogP contribution in [0.4, 0.5) is 33.6 Å². The Balaban J connectivity index is 1.61. The fourth-order valence-electron chi connectivity index (χ4n) is 4.44. The number of anilines is 2. The fraction of sp³-hybridized carbons (Fsp3) is 0.250. The number of benzene rings is 2. The monoisotopic (exact) mass is 536 g/mol. The standard InChI is InChI=1S/C24H18ClF5N6O/c1-22(12-5-3-2-4-6-12)17-18(31)32-21(34-19(17)33-20(22)37)36-16-8-7-13(25)11-14(16)15(35-36)9-10-23(26,27)24(28,29)30/h2-8,11H,9-10H2,1H3,(H3,31,32,33,34,37). The maximum atomic E-state index is 13.6. The quantitative estimate of drug-likeness (QED) is 0.331. The molecule has 0 radical (unpaired) electrons. The van der Waals surface area contributed by atoms with Crippen LogP contribution in [0.5, 0.6) is 0 Å². The molecule has 0 saturated heterocycles. The smallest absolute Gasteiger partial charge is 0.383 e. The number of nitrogens with two attached hydrogens (primary N) is 1. The lowest BCUT2D eigenvalue weighted by Gasteiger charge is -2.23. The second-order valence-electron chi connectivity index (χ2n) is 8.80. The lowest BCUT2D eigenvalue weighted by molar-refractivity contribution is -0.284. The number of carbonyl (C=O) groups excluding carboxylic acids is 1. The number of nitrogens with one attached hydrogen (secondary N) is 1. The van der Waals surface area contributed by atoms with E-state index in [-0.39, 0.29) is 39.6 Å². The highest BCUT2D eigenvalue weighted by Crippen LogP contribution is 2.45. The van der Waals surface area contributed by atoms with Crippen molar-refractivity contribution in [1.82, 2.24) is 19.7 Å². The van der Waals surface area contributed by atoms with Crippen molar-refractivity contribution in [3.8, 4) is 5.95 Å². The molecule has 0 bridgehead atoms. The Morgan fingerprint density at radius 3 is 2.46 bits per heavy atom. The number of rotatable bonds is 5. The lowest BCUT2D eigenvalue weighted by atomic mass is 9.78. The minimum Gasteiger partial charge on any atom is -0.383 e. The third-order valence-electron chi connectivity index (χ3n) is 6.46. The Morgan fingerprint density at radius 1 is 1.08 bits per heavy atom. The highest BCUT2D eigenvalue weighted by atomic mass is 35.5. The summed E-state index contributed by atoms with van der Waals surface area (Å²) in [6, 6.07) is 13.3. The molecule has 0 spiro atoms. The number of fused-ring (bicyclic) bond motifs is 2. The van der Waals surface area contributed by atoms with Gasteiger partial charge >= 0.3 is 12.1 Å². The Hall–Kier alpha value is -3.80. The van der Waals surface area contributed by atoms with Crippen molar-refractivity contribution < 1.29 is 26.7 Å². The van der Waals surface area contributed by atoms with Gasteiger partial charge < -0.3 is 11.1 Å². The largest absolute Gasteiger partial charge is 0.453 e. The van der Waals surface area contributed by atoms with Gasteiger partial charge in [0.1, 0.15) is 17.1 Å². The number of halogens is 6. The Labute approximate surface area is 211 Å². The molecule has 13 heteroatoms. The number of aryl methyl sites for hydroxylation is 1. The number of nitrogen functional groups attached to an aromatic ring is 1. The van der Waals surface area contributed by atoms with Crippen molar-refractivity contribution in [1.29, 1.82) is 0 Å². The maximum absolute atomic E-state index is 13.6. The average molecular weight is 537 g/mol. The number of carbonyl (C=O) groups is 1. The number of alkyl halides is 5. The highest BCUT2D eigenvalue weighted by molar-refractivity contribution is 6.31. The van der Waals surface area contributed by atoms with Crippen molar-refractivity contribution >= 4 is 40.0 Å². The summed E-state index contributed by atoms with van der Waals surface area (Å²) >= 11 is 6.05. The molecule has 4 aromatic rings. The van der Waals surface area contributed by atoms with Crippen LogP contribution >= 0.6 is 11.6 Å². The van der Waals surface area contributed by atoms with E-state index < -0.39 is 30.4 Å². The maximum Gasteiger partial charge on any atom is 0.453 e. The van der Waals surface area contributed by atoms with E-state index in [2.05, 4.69) is 20.4 Å². The van der Waals surface area contributed by atoms with E-state index in [0.717, 1.165) is 0 Å². The molecule has 1 unspecified atom stereocenters. The predicted octanol–water partition coefficient (Wildman–Crippen LogP) is 5.44. The molecule has 1 amide bonds. The van der Waals surface area contributed by atoms with Crippen molar-refractivity contribution in [2.45, 2.75) is 37.3 Å². The molecule has 192 valence electrons. The Morgan fingerprint density at radius 2 is 1.78 bits per heavy atom. The summed E-state index contributed by atoms with van der Waals surface area (Å²) in [6.07, 6.45) is -7.89. The van der Waals surface area contributed by atoms with Crippen LogP contribution in [0.2, 0.25) is 5.02 Å². The van der Waals surface area contributed by atoms with E-state index >= 15 is 0 Å². The SMILES string of the molecule is CC1(c2ccccc2)C(=O)Nc2nc(-n3nc(CCC(F)(F)C(F)(F)F)c4cc(Cl)ccc43)nc(N)c21. The number of nitrogens with zero attached hydrogens (tertiary/aromatic N) is 4. The van der Waals surface area contributed by atoms with E-state index in [9.17, 15) is 26.7 Å².